The Morgan fingerprint density at radius 3 is 2.39 bits per heavy atom. The number of Topliss-reactive ketones (excluding diaryl/α,β-unsaturated/α-hetero) is 1. The van der Waals surface area contributed by atoms with Crippen molar-refractivity contribution in [2.24, 2.45) is 5.41 Å². The number of ether oxygens (including phenoxy) is 1. The molecule has 2 aliphatic rings. The van der Waals surface area contributed by atoms with Crippen molar-refractivity contribution in [3.8, 4) is 5.75 Å². The average Bonchev–Trinajstić information content (AvgIpc) is 2.50. The summed E-state index contributed by atoms with van der Waals surface area (Å²) in [5.41, 5.74) is 2.65. The molecule has 1 heterocycles. The van der Waals surface area contributed by atoms with E-state index in [0.29, 0.717) is 12.8 Å². The highest BCUT2D eigenvalue weighted by atomic mass is 16.5. The number of carbonyl (C=O) groups excluding carboxylic acids is 2. The van der Waals surface area contributed by atoms with Crippen molar-refractivity contribution in [2.75, 3.05) is 14.2 Å². The van der Waals surface area contributed by atoms with E-state index in [0.717, 1.165) is 29.0 Å². The summed E-state index contributed by atoms with van der Waals surface area (Å²) in [4.78, 5) is 26.9. The van der Waals surface area contributed by atoms with E-state index < -0.39 is 0 Å². The van der Waals surface area contributed by atoms with Gasteiger partial charge in [-0.05, 0) is 29.5 Å². The third-order valence-corrected chi connectivity index (χ3v) is 4.92. The molecule has 0 saturated carbocycles. The summed E-state index contributed by atoms with van der Waals surface area (Å²) in [5.74, 6) is 0.896. The number of hydrogen-bond donors (Lipinski definition) is 0. The van der Waals surface area contributed by atoms with Gasteiger partial charge in [0, 0.05) is 37.1 Å². The molecular weight excluding hydrogens is 290 g/mol. The van der Waals surface area contributed by atoms with Crippen molar-refractivity contribution in [1.82, 2.24) is 4.90 Å². The Kier molecular flexibility index (Phi) is 3.78. The fourth-order valence-electron chi connectivity index (χ4n) is 3.68. The monoisotopic (exact) mass is 313 g/mol. The van der Waals surface area contributed by atoms with E-state index in [-0.39, 0.29) is 23.0 Å². The fraction of sp³-hybridized carbons (Fsp3) is 0.474. The molecule has 0 aromatic heterocycles. The van der Waals surface area contributed by atoms with Gasteiger partial charge in [0.15, 0.2) is 5.78 Å². The first-order valence-electron chi connectivity index (χ1n) is 7.99. The number of allylic oxidation sites excluding steroid dienone is 2. The van der Waals surface area contributed by atoms with Crippen LogP contribution in [-0.2, 0) is 9.59 Å². The minimum absolute atomic E-state index is 0.0788. The van der Waals surface area contributed by atoms with Crippen LogP contribution in [0.2, 0.25) is 0 Å². The van der Waals surface area contributed by atoms with Crippen LogP contribution in [0.15, 0.2) is 35.5 Å². The largest absolute Gasteiger partial charge is 0.497 e. The second-order valence-electron chi connectivity index (χ2n) is 7.28. The van der Waals surface area contributed by atoms with Crippen molar-refractivity contribution >= 4 is 11.7 Å². The molecule has 1 unspecified atom stereocenters. The quantitative estimate of drug-likeness (QED) is 0.842. The van der Waals surface area contributed by atoms with E-state index in [4.69, 9.17) is 4.74 Å². The minimum atomic E-state index is -0.136. The Hall–Kier alpha value is -2.10. The summed E-state index contributed by atoms with van der Waals surface area (Å²) >= 11 is 0. The lowest BCUT2D eigenvalue weighted by molar-refractivity contribution is -0.130. The van der Waals surface area contributed by atoms with Gasteiger partial charge in [-0.15, -0.1) is 0 Å². The predicted molar refractivity (Wildman–Crippen MR) is 88.2 cm³/mol. The van der Waals surface area contributed by atoms with Crippen LogP contribution >= 0.6 is 0 Å². The molecule has 0 saturated heterocycles. The molecule has 0 N–H and O–H groups in total. The Balaban J connectivity index is 2.07. The zero-order valence-electron chi connectivity index (χ0n) is 14.2. The van der Waals surface area contributed by atoms with Gasteiger partial charge < -0.3 is 9.64 Å². The highest BCUT2D eigenvalue weighted by Gasteiger charge is 2.42. The maximum Gasteiger partial charge on any atom is 0.227 e. The molecule has 1 aliphatic heterocycles. The van der Waals surface area contributed by atoms with Gasteiger partial charge in [0.1, 0.15) is 5.75 Å². The van der Waals surface area contributed by atoms with Crippen LogP contribution in [0, 0.1) is 5.41 Å². The van der Waals surface area contributed by atoms with Crippen LogP contribution in [0.25, 0.3) is 0 Å². The maximum absolute atomic E-state index is 12.8. The van der Waals surface area contributed by atoms with E-state index in [1.165, 1.54) is 0 Å². The van der Waals surface area contributed by atoms with Crippen LogP contribution < -0.4 is 4.74 Å². The minimum Gasteiger partial charge on any atom is -0.497 e. The zero-order valence-corrected chi connectivity index (χ0v) is 14.2. The molecule has 122 valence electrons. The second kappa shape index (κ2) is 5.52. The number of methoxy groups -OCH3 is 1. The SMILES string of the molecule is COc1ccc(C2CC(=O)N(C)C3=C2C(=O)CC(C)(C)C3)cc1. The van der Waals surface area contributed by atoms with Crippen LogP contribution in [0.1, 0.15) is 44.6 Å². The third-order valence-electron chi connectivity index (χ3n) is 4.92. The third kappa shape index (κ3) is 2.78. The number of ketones is 1. The molecular formula is C19H23NO3. The number of amides is 1. The fourth-order valence-corrected chi connectivity index (χ4v) is 3.68. The smallest absolute Gasteiger partial charge is 0.227 e. The van der Waals surface area contributed by atoms with E-state index in [2.05, 4.69) is 13.8 Å². The molecule has 4 heteroatoms. The van der Waals surface area contributed by atoms with Gasteiger partial charge in [-0.2, -0.15) is 0 Å². The van der Waals surface area contributed by atoms with Gasteiger partial charge in [-0.25, -0.2) is 0 Å². The Morgan fingerprint density at radius 2 is 1.78 bits per heavy atom. The summed E-state index contributed by atoms with van der Waals surface area (Å²) in [6, 6.07) is 7.69. The van der Waals surface area contributed by atoms with E-state index in [9.17, 15) is 9.59 Å². The molecule has 23 heavy (non-hydrogen) atoms. The zero-order chi connectivity index (χ0) is 16.8. The first-order valence-corrected chi connectivity index (χ1v) is 7.99. The molecule has 1 atom stereocenters. The second-order valence-corrected chi connectivity index (χ2v) is 7.28. The van der Waals surface area contributed by atoms with Gasteiger partial charge in [0.2, 0.25) is 5.91 Å². The topological polar surface area (TPSA) is 46.6 Å². The molecule has 0 fully saturated rings. The van der Waals surface area contributed by atoms with Crippen LogP contribution in [-0.4, -0.2) is 30.7 Å². The number of nitrogens with zero attached hydrogens (tertiary/aromatic N) is 1. The molecule has 1 aromatic rings. The number of benzene rings is 1. The number of carbonyl (C=O) groups is 2. The molecule has 1 aromatic carbocycles. The first kappa shape index (κ1) is 15.8. The van der Waals surface area contributed by atoms with Crippen molar-refractivity contribution in [1.29, 1.82) is 0 Å². The summed E-state index contributed by atoms with van der Waals surface area (Å²) in [7, 11) is 3.41. The van der Waals surface area contributed by atoms with Crippen LogP contribution in [0.4, 0.5) is 0 Å². The predicted octanol–water partition coefficient (Wildman–Crippen LogP) is 3.28. The average molecular weight is 313 g/mol. The van der Waals surface area contributed by atoms with E-state index in [1.54, 1.807) is 19.1 Å². The molecule has 1 amide bonds. The summed E-state index contributed by atoms with van der Waals surface area (Å²) < 4.78 is 5.20. The standard InChI is InChI=1S/C19H23NO3/c1-19(2)10-15-18(16(21)11-19)14(9-17(22)20(15)3)12-5-7-13(23-4)8-6-12/h5-8,14H,9-11H2,1-4H3. The Morgan fingerprint density at radius 1 is 1.13 bits per heavy atom. The van der Waals surface area contributed by atoms with Gasteiger partial charge >= 0.3 is 0 Å². The van der Waals surface area contributed by atoms with Gasteiger partial charge in [-0.3, -0.25) is 9.59 Å². The lowest BCUT2D eigenvalue weighted by Gasteiger charge is -2.41. The Bertz CT molecular complexity index is 685. The van der Waals surface area contributed by atoms with E-state index >= 15 is 0 Å². The van der Waals surface area contributed by atoms with Gasteiger partial charge in [0.25, 0.3) is 0 Å². The number of rotatable bonds is 2. The lowest BCUT2D eigenvalue weighted by atomic mass is 9.69. The highest BCUT2D eigenvalue weighted by Crippen LogP contribution is 2.46. The summed E-state index contributed by atoms with van der Waals surface area (Å²) in [6.45, 7) is 4.17. The molecule has 0 radical (unpaired) electrons. The summed E-state index contributed by atoms with van der Waals surface area (Å²) in [5, 5.41) is 0. The summed E-state index contributed by atoms with van der Waals surface area (Å²) in [6.07, 6.45) is 1.66. The molecule has 3 rings (SSSR count). The molecule has 0 bridgehead atoms. The van der Waals surface area contributed by atoms with Gasteiger partial charge in [-0.1, -0.05) is 26.0 Å². The van der Waals surface area contributed by atoms with Crippen molar-refractivity contribution < 1.29 is 14.3 Å². The Labute approximate surface area is 137 Å². The van der Waals surface area contributed by atoms with Crippen molar-refractivity contribution in [3.63, 3.8) is 0 Å². The molecule has 4 nitrogen and oxygen atoms in total. The first-order chi connectivity index (χ1) is 10.8. The maximum atomic E-state index is 12.8. The van der Waals surface area contributed by atoms with Crippen LogP contribution in [0.5, 0.6) is 5.75 Å². The molecule has 1 aliphatic carbocycles. The molecule has 0 spiro atoms. The van der Waals surface area contributed by atoms with E-state index in [1.807, 2.05) is 24.3 Å². The van der Waals surface area contributed by atoms with Crippen molar-refractivity contribution in [2.45, 2.75) is 39.0 Å². The normalized spacial score (nSPS) is 23.8. The van der Waals surface area contributed by atoms with Crippen molar-refractivity contribution in [3.05, 3.63) is 41.1 Å². The highest BCUT2D eigenvalue weighted by molar-refractivity contribution is 6.02. The van der Waals surface area contributed by atoms with Gasteiger partial charge in [0.05, 0.1) is 7.11 Å². The lowest BCUT2D eigenvalue weighted by Crippen LogP contribution is -2.41. The number of hydrogen-bond acceptors (Lipinski definition) is 3. The van der Waals surface area contributed by atoms with Crippen LogP contribution in [0.3, 0.4) is 0 Å².